The topological polar surface area (TPSA) is 82.0 Å². The smallest absolute Gasteiger partial charge is 0.216 e. The Bertz CT molecular complexity index is 891. The first-order chi connectivity index (χ1) is 13.2. The van der Waals surface area contributed by atoms with Crippen molar-refractivity contribution in [3.05, 3.63) is 54.1 Å². The summed E-state index contributed by atoms with van der Waals surface area (Å²) >= 11 is 0. The van der Waals surface area contributed by atoms with Gasteiger partial charge in [-0.3, -0.25) is 0 Å². The van der Waals surface area contributed by atoms with Gasteiger partial charge in [0, 0.05) is 18.8 Å². The Morgan fingerprint density at radius 1 is 0.857 bits per heavy atom. The van der Waals surface area contributed by atoms with Crippen LogP contribution in [0.15, 0.2) is 48.5 Å². The van der Waals surface area contributed by atoms with Gasteiger partial charge in [0.05, 0.1) is 16.4 Å². The SMILES string of the molecule is CC(C)(C)S(=O)(=O)NCCCCCNc1ccc(-c2ccc(C#N)cc2)cc1. The summed E-state index contributed by atoms with van der Waals surface area (Å²) in [6.45, 7) is 6.44. The van der Waals surface area contributed by atoms with E-state index in [1.165, 1.54) is 0 Å². The van der Waals surface area contributed by atoms with Gasteiger partial charge < -0.3 is 5.32 Å². The Kier molecular flexibility index (Phi) is 7.61. The maximum Gasteiger partial charge on any atom is 0.216 e. The minimum atomic E-state index is -3.25. The van der Waals surface area contributed by atoms with Gasteiger partial charge in [-0.1, -0.05) is 30.7 Å². The number of sulfonamides is 1. The molecular weight excluding hydrogens is 370 g/mol. The third-order valence-electron chi connectivity index (χ3n) is 4.51. The Morgan fingerprint density at radius 3 is 1.93 bits per heavy atom. The minimum absolute atomic E-state index is 0.485. The molecule has 0 radical (unpaired) electrons. The average Bonchev–Trinajstić information content (AvgIpc) is 2.67. The van der Waals surface area contributed by atoms with Crippen LogP contribution in [0.1, 0.15) is 45.6 Å². The lowest BCUT2D eigenvalue weighted by molar-refractivity contribution is 0.540. The van der Waals surface area contributed by atoms with Crippen molar-refractivity contribution < 1.29 is 8.42 Å². The van der Waals surface area contributed by atoms with E-state index in [4.69, 9.17) is 5.26 Å². The number of nitriles is 1. The van der Waals surface area contributed by atoms with E-state index in [9.17, 15) is 8.42 Å². The van der Waals surface area contributed by atoms with Crippen LogP contribution in [0.5, 0.6) is 0 Å². The van der Waals surface area contributed by atoms with Gasteiger partial charge in [0.2, 0.25) is 10.0 Å². The predicted molar refractivity (Wildman–Crippen MR) is 116 cm³/mol. The Hall–Kier alpha value is -2.36. The molecule has 2 aromatic rings. The van der Waals surface area contributed by atoms with Gasteiger partial charge in [-0.05, 0) is 69.0 Å². The molecule has 0 bridgehead atoms. The molecule has 2 aromatic carbocycles. The summed E-state index contributed by atoms with van der Waals surface area (Å²) in [5.41, 5.74) is 3.92. The zero-order valence-corrected chi connectivity index (χ0v) is 17.6. The van der Waals surface area contributed by atoms with E-state index in [2.05, 4.69) is 28.2 Å². The number of unbranched alkanes of at least 4 members (excludes halogenated alkanes) is 2. The monoisotopic (exact) mass is 399 g/mol. The van der Waals surface area contributed by atoms with Gasteiger partial charge >= 0.3 is 0 Å². The normalized spacial score (nSPS) is 11.8. The fraction of sp³-hybridized carbons (Fsp3) is 0.409. The second-order valence-electron chi connectivity index (χ2n) is 7.76. The van der Waals surface area contributed by atoms with E-state index in [0.717, 1.165) is 42.6 Å². The lowest BCUT2D eigenvalue weighted by atomic mass is 10.0. The van der Waals surface area contributed by atoms with Gasteiger partial charge in [0.25, 0.3) is 0 Å². The Morgan fingerprint density at radius 2 is 1.39 bits per heavy atom. The molecule has 28 heavy (non-hydrogen) atoms. The van der Waals surface area contributed by atoms with E-state index in [1.807, 2.05) is 36.4 Å². The molecule has 0 aromatic heterocycles. The molecule has 0 saturated heterocycles. The van der Waals surface area contributed by atoms with Crippen molar-refractivity contribution in [3.63, 3.8) is 0 Å². The molecule has 0 unspecified atom stereocenters. The molecule has 2 N–H and O–H groups in total. The first-order valence-electron chi connectivity index (χ1n) is 9.57. The lowest BCUT2D eigenvalue weighted by Crippen LogP contribution is -2.39. The van der Waals surface area contributed by atoms with Gasteiger partial charge in [-0.25, -0.2) is 13.1 Å². The van der Waals surface area contributed by atoms with E-state index in [-0.39, 0.29) is 0 Å². The van der Waals surface area contributed by atoms with Crippen LogP contribution in [-0.2, 0) is 10.0 Å². The highest BCUT2D eigenvalue weighted by molar-refractivity contribution is 7.90. The van der Waals surface area contributed by atoms with Gasteiger partial charge in [-0.2, -0.15) is 5.26 Å². The van der Waals surface area contributed by atoms with E-state index < -0.39 is 14.8 Å². The zero-order valence-electron chi connectivity index (χ0n) is 16.8. The fourth-order valence-corrected chi connectivity index (χ4v) is 3.45. The first-order valence-corrected chi connectivity index (χ1v) is 11.0. The lowest BCUT2D eigenvalue weighted by Gasteiger charge is -2.19. The van der Waals surface area contributed by atoms with Crippen LogP contribution in [0, 0.1) is 11.3 Å². The highest BCUT2D eigenvalue weighted by Crippen LogP contribution is 2.22. The second kappa shape index (κ2) is 9.72. The zero-order chi connectivity index (χ0) is 20.6. The van der Waals surface area contributed by atoms with E-state index >= 15 is 0 Å². The standard InChI is InChI=1S/C22H29N3O2S/c1-22(2,3)28(26,27)25-16-6-4-5-15-24-21-13-11-20(12-14-21)19-9-7-18(17-23)8-10-19/h7-14,24-25H,4-6,15-16H2,1-3H3. The van der Waals surface area contributed by atoms with Crippen LogP contribution in [0.2, 0.25) is 0 Å². The van der Waals surface area contributed by atoms with Crippen LogP contribution in [0.3, 0.4) is 0 Å². The Balaban J connectivity index is 1.69. The van der Waals surface area contributed by atoms with Crippen molar-refractivity contribution in [3.8, 4) is 17.2 Å². The van der Waals surface area contributed by atoms with E-state index in [1.54, 1.807) is 20.8 Å². The first kappa shape index (κ1) is 21.9. The summed E-state index contributed by atoms with van der Waals surface area (Å²) in [5.74, 6) is 0. The number of rotatable bonds is 9. The van der Waals surface area contributed by atoms with Crippen molar-refractivity contribution in [1.82, 2.24) is 4.72 Å². The number of hydrogen-bond donors (Lipinski definition) is 2. The van der Waals surface area contributed by atoms with Crippen LogP contribution < -0.4 is 10.0 Å². The van der Waals surface area contributed by atoms with Crippen molar-refractivity contribution in [2.24, 2.45) is 0 Å². The van der Waals surface area contributed by atoms with Crippen molar-refractivity contribution in [1.29, 1.82) is 5.26 Å². The maximum atomic E-state index is 12.0. The molecule has 0 saturated carbocycles. The van der Waals surface area contributed by atoms with E-state index in [0.29, 0.717) is 12.1 Å². The number of nitrogens with one attached hydrogen (secondary N) is 2. The number of nitrogens with zero attached hydrogens (tertiary/aromatic N) is 1. The Labute approximate surface area is 168 Å². The molecule has 5 nitrogen and oxygen atoms in total. The molecular formula is C22H29N3O2S. The van der Waals surface area contributed by atoms with Crippen molar-refractivity contribution >= 4 is 15.7 Å². The fourth-order valence-electron chi connectivity index (χ4n) is 2.60. The summed E-state index contributed by atoms with van der Waals surface area (Å²) < 4.78 is 25.8. The van der Waals surface area contributed by atoms with Gasteiger partial charge in [-0.15, -0.1) is 0 Å². The summed E-state index contributed by atoms with van der Waals surface area (Å²) in [4.78, 5) is 0. The highest BCUT2D eigenvalue weighted by atomic mass is 32.2. The quantitative estimate of drug-likeness (QED) is 0.607. The van der Waals surface area contributed by atoms with Crippen LogP contribution in [0.4, 0.5) is 5.69 Å². The predicted octanol–water partition coefficient (Wildman–Crippen LogP) is 4.53. The molecule has 0 spiro atoms. The van der Waals surface area contributed by atoms with Gasteiger partial charge in [0.1, 0.15) is 0 Å². The number of anilines is 1. The minimum Gasteiger partial charge on any atom is -0.385 e. The summed E-state index contributed by atoms with van der Waals surface area (Å²) in [7, 11) is -3.25. The molecule has 0 aliphatic rings. The molecule has 0 amide bonds. The molecule has 0 heterocycles. The third-order valence-corrected chi connectivity index (χ3v) is 6.71. The molecule has 150 valence electrons. The molecule has 0 aliphatic heterocycles. The highest BCUT2D eigenvalue weighted by Gasteiger charge is 2.27. The average molecular weight is 400 g/mol. The summed E-state index contributed by atoms with van der Waals surface area (Å²) in [6.07, 6.45) is 2.77. The molecule has 2 rings (SSSR count). The van der Waals surface area contributed by atoms with Crippen molar-refractivity contribution in [2.75, 3.05) is 18.4 Å². The van der Waals surface area contributed by atoms with Crippen LogP contribution in [-0.4, -0.2) is 26.3 Å². The van der Waals surface area contributed by atoms with Gasteiger partial charge in [0.15, 0.2) is 0 Å². The van der Waals surface area contributed by atoms with Crippen molar-refractivity contribution in [2.45, 2.75) is 44.8 Å². The van der Waals surface area contributed by atoms with Crippen LogP contribution in [0.25, 0.3) is 11.1 Å². The molecule has 0 aliphatic carbocycles. The molecule has 6 heteroatoms. The third kappa shape index (κ3) is 6.36. The number of hydrogen-bond acceptors (Lipinski definition) is 4. The second-order valence-corrected chi connectivity index (χ2v) is 10.3. The maximum absolute atomic E-state index is 12.0. The molecule has 0 fully saturated rings. The summed E-state index contributed by atoms with van der Waals surface area (Å²) in [6, 6.07) is 17.9. The summed E-state index contributed by atoms with van der Waals surface area (Å²) in [5, 5.41) is 12.3. The molecule has 0 atom stereocenters. The largest absolute Gasteiger partial charge is 0.385 e. The van der Waals surface area contributed by atoms with Crippen LogP contribution >= 0.6 is 0 Å². The number of benzene rings is 2.